The number of hydrogen-bond acceptors (Lipinski definition) is 6. The molecular formula is C22H25FN6O2. The molecule has 0 aliphatic heterocycles. The number of carbonyl (C=O) groups is 1. The average Bonchev–Trinajstić information content (AvgIpc) is 3.18. The number of nitrogen functional groups attached to an aromatic ring is 1. The Bertz CT molecular complexity index is 1120. The lowest BCUT2D eigenvalue weighted by atomic mass is 9.86. The van der Waals surface area contributed by atoms with E-state index in [1.165, 1.54) is 25.6 Å². The molecule has 2 aromatic heterocycles. The van der Waals surface area contributed by atoms with Crippen LogP contribution in [0.1, 0.15) is 31.7 Å². The zero-order valence-electron chi connectivity index (χ0n) is 17.3. The summed E-state index contributed by atoms with van der Waals surface area (Å²) in [7, 11) is 1.42. The molecule has 1 amide bonds. The Morgan fingerprint density at radius 2 is 2.13 bits per heavy atom. The van der Waals surface area contributed by atoms with Crippen LogP contribution in [-0.2, 0) is 4.79 Å². The van der Waals surface area contributed by atoms with Gasteiger partial charge in [0.05, 0.1) is 18.5 Å². The number of methoxy groups -OCH3 is 1. The van der Waals surface area contributed by atoms with E-state index in [2.05, 4.69) is 21.9 Å². The van der Waals surface area contributed by atoms with Crippen molar-refractivity contribution in [3.63, 3.8) is 0 Å². The summed E-state index contributed by atoms with van der Waals surface area (Å²) < 4.78 is 21.2. The number of anilines is 1. The first-order valence-corrected chi connectivity index (χ1v) is 10.2. The van der Waals surface area contributed by atoms with Crippen molar-refractivity contribution < 1.29 is 13.9 Å². The summed E-state index contributed by atoms with van der Waals surface area (Å²) in [6, 6.07) is 4.84. The van der Waals surface area contributed by atoms with Crippen LogP contribution in [0.4, 0.5) is 10.2 Å². The summed E-state index contributed by atoms with van der Waals surface area (Å²) in [6.07, 6.45) is 6.41. The molecule has 4 rings (SSSR count). The molecule has 1 aliphatic carbocycles. The summed E-state index contributed by atoms with van der Waals surface area (Å²) in [6.45, 7) is 4.12. The van der Waals surface area contributed by atoms with Gasteiger partial charge in [0.15, 0.2) is 17.2 Å². The highest BCUT2D eigenvalue weighted by Crippen LogP contribution is 2.37. The molecule has 9 heteroatoms. The van der Waals surface area contributed by atoms with Crippen LogP contribution < -0.4 is 15.8 Å². The van der Waals surface area contributed by atoms with Gasteiger partial charge in [-0.2, -0.15) is 5.10 Å². The molecule has 0 bridgehead atoms. The minimum absolute atomic E-state index is 0.139. The van der Waals surface area contributed by atoms with E-state index in [9.17, 15) is 9.18 Å². The zero-order chi connectivity index (χ0) is 22.0. The lowest BCUT2D eigenvalue weighted by molar-refractivity contribution is -0.116. The van der Waals surface area contributed by atoms with E-state index in [4.69, 9.17) is 15.6 Å². The lowest BCUT2D eigenvalue weighted by Gasteiger charge is -2.28. The molecular weight excluding hydrogens is 399 g/mol. The van der Waals surface area contributed by atoms with Gasteiger partial charge in [-0.1, -0.05) is 6.58 Å². The van der Waals surface area contributed by atoms with Gasteiger partial charge in [0.2, 0.25) is 5.91 Å². The first-order chi connectivity index (χ1) is 15.0. The molecule has 0 spiro atoms. The highest BCUT2D eigenvalue weighted by molar-refractivity contribution is 5.98. The fraction of sp³-hybridized carbons (Fsp3) is 0.364. The van der Waals surface area contributed by atoms with Gasteiger partial charge in [-0.3, -0.25) is 4.79 Å². The lowest BCUT2D eigenvalue weighted by Crippen LogP contribution is -2.30. The Labute approximate surface area is 179 Å². The standard InChI is InChI=1S/C22H25FN6O2/c1-3-18(30)25-11-13-4-7-15(8-5-13)29-22-19(21(24)26-12-27-22)20(28-29)14-6-9-17(31-2)16(23)10-14/h3,6,9-10,12-13,15H,1,4-5,7-8,11H2,2H3,(H,25,30)(H2,24,26,27). The Morgan fingerprint density at radius 3 is 2.81 bits per heavy atom. The molecule has 1 aromatic carbocycles. The summed E-state index contributed by atoms with van der Waals surface area (Å²) in [4.78, 5) is 20.0. The third-order valence-corrected chi connectivity index (χ3v) is 5.86. The second-order valence-electron chi connectivity index (χ2n) is 7.72. The molecule has 162 valence electrons. The van der Waals surface area contributed by atoms with Crippen molar-refractivity contribution in [2.24, 2.45) is 5.92 Å². The number of carbonyl (C=O) groups excluding carboxylic acids is 1. The SMILES string of the molecule is C=CC(=O)NCC1CCC(n2nc(-c3ccc(OC)c(F)c3)c3c(N)ncnc32)CC1. The summed E-state index contributed by atoms with van der Waals surface area (Å²) >= 11 is 0. The van der Waals surface area contributed by atoms with Crippen LogP contribution in [0.25, 0.3) is 22.3 Å². The maximum Gasteiger partial charge on any atom is 0.243 e. The van der Waals surface area contributed by atoms with Crippen LogP contribution in [0.15, 0.2) is 37.2 Å². The summed E-state index contributed by atoms with van der Waals surface area (Å²) in [5, 5.41) is 8.29. The van der Waals surface area contributed by atoms with E-state index in [0.29, 0.717) is 40.6 Å². The van der Waals surface area contributed by atoms with Crippen LogP contribution in [0.2, 0.25) is 0 Å². The van der Waals surface area contributed by atoms with E-state index < -0.39 is 5.82 Å². The second kappa shape index (κ2) is 8.71. The topological polar surface area (TPSA) is 108 Å². The molecule has 3 aromatic rings. The number of fused-ring (bicyclic) bond motifs is 1. The normalized spacial score (nSPS) is 18.6. The summed E-state index contributed by atoms with van der Waals surface area (Å²) in [5.41, 5.74) is 7.94. The first kappa shape index (κ1) is 20.8. The average molecular weight is 424 g/mol. The Hall–Kier alpha value is -3.49. The Kier molecular flexibility index (Phi) is 5.83. The third-order valence-electron chi connectivity index (χ3n) is 5.86. The first-order valence-electron chi connectivity index (χ1n) is 10.2. The minimum atomic E-state index is -0.472. The molecule has 31 heavy (non-hydrogen) atoms. The summed E-state index contributed by atoms with van der Waals surface area (Å²) in [5.74, 6) is 0.266. The zero-order valence-corrected chi connectivity index (χ0v) is 17.3. The number of amides is 1. The van der Waals surface area contributed by atoms with Crippen molar-refractivity contribution in [3.05, 3.63) is 43.0 Å². The molecule has 0 unspecified atom stereocenters. The van der Waals surface area contributed by atoms with Gasteiger partial charge in [0.25, 0.3) is 0 Å². The van der Waals surface area contributed by atoms with Gasteiger partial charge in [0.1, 0.15) is 17.8 Å². The molecule has 2 heterocycles. The van der Waals surface area contributed by atoms with E-state index >= 15 is 0 Å². The number of benzene rings is 1. The number of nitrogens with one attached hydrogen (secondary N) is 1. The largest absolute Gasteiger partial charge is 0.494 e. The number of hydrogen-bond donors (Lipinski definition) is 2. The highest BCUT2D eigenvalue weighted by Gasteiger charge is 2.27. The predicted molar refractivity (Wildman–Crippen MR) is 116 cm³/mol. The fourth-order valence-corrected chi connectivity index (χ4v) is 4.18. The molecule has 1 saturated carbocycles. The van der Waals surface area contributed by atoms with Crippen molar-refractivity contribution in [2.75, 3.05) is 19.4 Å². The quantitative estimate of drug-likeness (QED) is 0.588. The van der Waals surface area contributed by atoms with Crippen LogP contribution >= 0.6 is 0 Å². The van der Waals surface area contributed by atoms with E-state index in [1.807, 2.05) is 4.68 Å². The van der Waals surface area contributed by atoms with Gasteiger partial charge in [0, 0.05) is 12.1 Å². The minimum Gasteiger partial charge on any atom is -0.494 e. The van der Waals surface area contributed by atoms with Crippen molar-refractivity contribution in [1.29, 1.82) is 0 Å². The smallest absolute Gasteiger partial charge is 0.243 e. The Balaban J connectivity index is 1.63. The van der Waals surface area contributed by atoms with Gasteiger partial charge < -0.3 is 15.8 Å². The van der Waals surface area contributed by atoms with Gasteiger partial charge >= 0.3 is 0 Å². The van der Waals surface area contributed by atoms with Crippen molar-refractivity contribution in [1.82, 2.24) is 25.1 Å². The third kappa shape index (κ3) is 4.08. The number of nitrogens with zero attached hydrogens (tertiary/aromatic N) is 4. The maximum atomic E-state index is 14.3. The van der Waals surface area contributed by atoms with E-state index in [-0.39, 0.29) is 17.7 Å². The monoisotopic (exact) mass is 424 g/mol. The maximum absolute atomic E-state index is 14.3. The number of halogens is 1. The molecule has 8 nitrogen and oxygen atoms in total. The van der Waals surface area contributed by atoms with Crippen molar-refractivity contribution in [3.8, 4) is 17.0 Å². The predicted octanol–water partition coefficient (Wildman–Crippen LogP) is 3.26. The Morgan fingerprint density at radius 1 is 1.35 bits per heavy atom. The van der Waals surface area contributed by atoms with E-state index in [0.717, 1.165) is 25.7 Å². The second-order valence-corrected chi connectivity index (χ2v) is 7.72. The van der Waals surface area contributed by atoms with Crippen molar-refractivity contribution >= 4 is 22.8 Å². The molecule has 0 saturated heterocycles. The number of ether oxygens (including phenoxy) is 1. The molecule has 1 fully saturated rings. The molecule has 3 N–H and O–H groups in total. The van der Waals surface area contributed by atoms with Crippen LogP contribution in [-0.4, -0.2) is 39.3 Å². The highest BCUT2D eigenvalue weighted by atomic mass is 19.1. The van der Waals surface area contributed by atoms with Crippen molar-refractivity contribution in [2.45, 2.75) is 31.7 Å². The van der Waals surface area contributed by atoms with Gasteiger partial charge in [-0.25, -0.2) is 19.0 Å². The van der Waals surface area contributed by atoms with Gasteiger partial charge in [-0.05, 0) is 55.9 Å². The van der Waals surface area contributed by atoms with E-state index in [1.54, 1.807) is 12.1 Å². The van der Waals surface area contributed by atoms with Gasteiger partial charge in [-0.15, -0.1) is 0 Å². The van der Waals surface area contributed by atoms with Crippen LogP contribution in [0, 0.1) is 11.7 Å². The number of nitrogens with two attached hydrogens (primary N) is 1. The molecule has 0 atom stereocenters. The number of aromatic nitrogens is 4. The molecule has 1 aliphatic rings. The van der Waals surface area contributed by atoms with Crippen LogP contribution in [0.3, 0.4) is 0 Å². The molecule has 0 radical (unpaired) electrons. The fourth-order valence-electron chi connectivity index (χ4n) is 4.18. The number of rotatable bonds is 6. The van der Waals surface area contributed by atoms with Crippen LogP contribution in [0.5, 0.6) is 5.75 Å².